The average molecular weight is 433 g/mol. The Morgan fingerprint density at radius 1 is 1.00 bits per heavy atom. The molecule has 0 saturated carbocycles. The number of carbonyl (C=O) groups is 2. The van der Waals surface area contributed by atoms with Crippen LogP contribution in [0.1, 0.15) is 15.9 Å². The number of ether oxygens (including phenoxy) is 2. The van der Waals surface area contributed by atoms with Crippen molar-refractivity contribution in [1.82, 2.24) is 9.80 Å². The predicted molar refractivity (Wildman–Crippen MR) is 112 cm³/mol. The van der Waals surface area contributed by atoms with Gasteiger partial charge in [-0.1, -0.05) is 11.6 Å². The predicted octanol–water partition coefficient (Wildman–Crippen LogP) is 3.49. The number of amides is 2. The Morgan fingerprint density at radius 3 is 2.33 bits per heavy atom. The Labute approximate surface area is 179 Å². The van der Waals surface area contributed by atoms with Crippen LogP contribution in [0.3, 0.4) is 0 Å². The lowest BCUT2D eigenvalue weighted by Gasteiger charge is -2.34. The van der Waals surface area contributed by atoms with Crippen LogP contribution in [-0.2, 0) is 4.79 Å². The van der Waals surface area contributed by atoms with Crippen LogP contribution in [-0.4, -0.2) is 62.0 Å². The summed E-state index contributed by atoms with van der Waals surface area (Å²) in [4.78, 5) is 28.5. The minimum Gasteiger partial charge on any atom is -0.497 e. The number of halogens is 2. The third-order valence-corrected chi connectivity index (χ3v) is 5.20. The van der Waals surface area contributed by atoms with E-state index < -0.39 is 5.82 Å². The highest BCUT2D eigenvalue weighted by Crippen LogP contribution is 2.25. The van der Waals surface area contributed by atoms with E-state index >= 15 is 0 Å². The summed E-state index contributed by atoms with van der Waals surface area (Å²) in [6, 6.07) is 9.03. The molecule has 1 aliphatic heterocycles. The summed E-state index contributed by atoms with van der Waals surface area (Å²) in [5, 5.41) is 0.0775. The van der Waals surface area contributed by atoms with Gasteiger partial charge in [-0.2, -0.15) is 0 Å². The Kier molecular flexibility index (Phi) is 6.95. The summed E-state index contributed by atoms with van der Waals surface area (Å²) >= 11 is 5.99. The van der Waals surface area contributed by atoms with Crippen LogP contribution in [0, 0.1) is 5.82 Å². The zero-order valence-electron chi connectivity index (χ0n) is 16.7. The quantitative estimate of drug-likeness (QED) is 0.678. The van der Waals surface area contributed by atoms with E-state index in [0.717, 1.165) is 11.6 Å². The minimum atomic E-state index is -0.494. The van der Waals surface area contributed by atoms with Crippen LogP contribution in [0.4, 0.5) is 4.39 Å². The van der Waals surface area contributed by atoms with E-state index in [9.17, 15) is 14.0 Å². The molecule has 2 amide bonds. The molecule has 0 radical (unpaired) electrons. The third-order valence-electron chi connectivity index (χ3n) is 4.88. The highest BCUT2D eigenvalue weighted by Gasteiger charge is 2.25. The lowest BCUT2D eigenvalue weighted by atomic mass is 10.1. The van der Waals surface area contributed by atoms with Gasteiger partial charge in [0.25, 0.3) is 5.91 Å². The lowest BCUT2D eigenvalue weighted by molar-refractivity contribution is -0.127. The van der Waals surface area contributed by atoms with E-state index in [1.54, 1.807) is 48.3 Å². The molecule has 0 atom stereocenters. The molecule has 158 valence electrons. The topological polar surface area (TPSA) is 59.1 Å². The van der Waals surface area contributed by atoms with Crippen LogP contribution >= 0.6 is 11.6 Å². The molecular weight excluding hydrogens is 411 g/mol. The van der Waals surface area contributed by atoms with Gasteiger partial charge in [0, 0.05) is 37.8 Å². The van der Waals surface area contributed by atoms with Crippen molar-refractivity contribution < 1.29 is 23.5 Å². The first-order valence-electron chi connectivity index (χ1n) is 9.36. The van der Waals surface area contributed by atoms with E-state index in [1.807, 2.05) is 0 Å². The first kappa shape index (κ1) is 21.6. The van der Waals surface area contributed by atoms with Gasteiger partial charge in [0.15, 0.2) is 0 Å². The Morgan fingerprint density at radius 2 is 1.70 bits per heavy atom. The van der Waals surface area contributed by atoms with Crippen molar-refractivity contribution in [3.63, 3.8) is 0 Å². The molecule has 6 nitrogen and oxygen atoms in total. The van der Waals surface area contributed by atoms with Crippen molar-refractivity contribution >= 4 is 29.5 Å². The summed E-state index contributed by atoms with van der Waals surface area (Å²) in [5.41, 5.74) is 0.979. The molecular formula is C22H22ClFN2O4. The van der Waals surface area contributed by atoms with Crippen molar-refractivity contribution in [2.24, 2.45) is 0 Å². The fourth-order valence-corrected chi connectivity index (χ4v) is 3.45. The van der Waals surface area contributed by atoms with Gasteiger partial charge in [0.1, 0.15) is 17.3 Å². The molecule has 3 rings (SSSR count). The average Bonchev–Trinajstić information content (AvgIpc) is 2.77. The van der Waals surface area contributed by atoms with Crippen LogP contribution in [0.15, 0.2) is 42.5 Å². The fraction of sp³-hybridized carbons (Fsp3) is 0.273. The summed E-state index contributed by atoms with van der Waals surface area (Å²) < 4.78 is 23.7. The fourth-order valence-electron chi connectivity index (χ4n) is 3.20. The van der Waals surface area contributed by atoms with E-state index in [2.05, 4.69) is 0 Å². The largest absolute Gasteiger partial charge is 0.497 e. The van der Waals surface area contributed by atoms with Gasteiger partial charge in [-0.25, -0.2) is 4.39 Å². The van der Waals surface area contributed by atoms with Gasteiger partial charge in [0.2, 0.25) is 5.91 Å². The van der Waals surface area contributed by atoms with Crippen LogP contribution in [0.2, 0.25) is 5.02 Å². The Balaban J connectivity index is 1.61. The first-order valence-corrected chi connectivity index (χ1v) is 9.74. The van der Waals surface area contributed by atoms with Gasteiger partial charge >= 0.3 is 0 Å². The molecule has 2 aromatic carbocycles. The summed E-state index contributed by atoms with van der Waals surface area (Å²) in [6.45, 7) is 1.52. The monoisotopic (exact) mass is 432 g/mol. The smallest absolute Gasteiger partial charge is 0.255 e. The SMILES string of the molecule is COc1ccc(OC)c(/C=C/C(=O)N2CCN(C(=O)c3ccc(F)cc3Cl)CC2)c1. The number of hydrogen-bond donors (Lipinski definition) is 0. The molecule has 1 saturated heterocycles. The molecule has 0 bridgehead atoms. The molecule has 0 unspecified atom stereocenters. The number of nitrogens with zero attached hydrogens (tertiary/aromatic N) is 2. The van der Waals surface area contributed by atoms with Gasteiger partial charge in [-0.15, -0.1) is 0 Å². The maximum Gasteiger partial charge on any atom is 0.255 e. The molecule has 1 aliphatic rings. The van der Waals surface area contributed by atoms with Gasteiger partial charge in [-0.3, -0.25) is 9.59 Å². The second-order valence-corrected chi connectivity index (χ2v) is 7.09. The number of methoxy groups -OCH3 is 2. The van der Waals surface area contributed by atoms with Crippen LogP contribution in [0.5, 0.6) is 11.5 Å². The van der Waals surface area contributed by atoms with Crippen molar-refractivity contribution in [1.29, 1.82) is 0 Å². The molecule has 0 spiro atoms. The maximum absolute atomic E-state index is 13.2. The van der Waals surface area contributed by atoms with Crippen LogP contribution in [0.25, 0.3) is 6.08 Å². The van der Waals surface area contributed by atoms with E-state index in [1.165, 1.54) is 18.2 Å². The Hall–Kier alpha value is -3.06. The molecule has 0 aliphatic carbocycles. The number of carbonyl (C=O) groups excluding carboxylic acids is 2. The maximum atomic E-state index is 13.2. The molecule has 0 aromatic heterocycles. The van der Waals surface area contributed by atoms with Gasteiger partial charge < -0.3 is 19.3 Å². The molecule has 0 N–H and O–H groups in total. The third kappa shape index (κ3) is 4.91. The lowest BCUT2D eigenvalue weighted by Crippen LogP contribution is -2.50. The highest BCUT2D eigenvalue weighted by atomic mass is 35.5. The molecule has 8 heteroatoms. The second kappa shape index (κ2) is 9.63. The standard InChI is InChI=1S/C22H22ClFN2O4/c1-29-17-5-7-20(30-2)15(13-17)3-8-21(27)25-9-11-26(12-10-25)22(28)18-6-4-16(24)14-19(18)23/h3-8,13-14H,9-12H2,1-2H3/b8-3+. The highest BCUT2D eigenvalue weighted by molar-refractivity contribution is 6.33. The number of piperazine rings is 1. The van der Waals surface area contributed by atoms with Gasteiger partial charge in [0.05, 0.1) is 24.8 Å². The second-order valence-electron chi connectivity index (χ2n) is 6.68. The molecule has 30 heavy (non-hydrogen) atoms. The molecule has 1 fully saturated rings. The summed E-state index contributed by atoms with van der Waals surface area (Å²) in [6.07, 6.45) is 3.16. The number of benzene rings is 2. The van der Waals surface area contributed by atoms with Crippen LogP contribution < -0.4 is 9.47 Å². The minimum absolute atomic E-state index is 0.0775. The van der Waals surface area contributed by atoms with E-state index in [4.69, 9.17) is 21.1 Å². The molecule has 2 aromatic rings. The zero-order chi connectivity index (χ0) is 21.7. The van der Waals surface area contributed by atoms with Crippen molar-refractivity contribution in [2.45, 2.75) is 0 Å². The molecule has 1 heterocycles. The number of rotatable bonds is 5. The zero-order valence-corrected chi connectivity index (χ0v) is 17.5. The van der Waals surface area contributed by atoms with Crippen molar-refractivity contribution in [2.75, 3.05) is 40.4 Å². The number of hydrogen-bond acceptors (Lipinski definition) is 4. The summed E-state index contributed by atoms with van der Waals surface area (Å²) in [5.74, 6) is 0.364. The summed E-state index contributed by atoms with van der Waals surface area (Å²) in [7, 11) is 3.13. The van der Waals surface area contributed by atoms with Crippen molar-refractivity contribution in [3.8, 4) is 11.5 Å². The normalized spacial score (nSPS) is 14.1. The first-order chi connectivity index (χ1) is 14.4. The van der Waals surface area contributed by atoms with Crippen molar-refractivity contribution in [3.05, 3.63) is 64.4 Å². The van der Waals surface area contributed by atoms with E-state index in [-0.39, 0.29) is 22.4 Å². The van der Waals surface area contributed by atoms with Gasteiger partial charge in [-0.05, 0) is 42.5 Å². The Bertz CT molecular complexity index is 972. The van der Waals surface area contributed by atoms with E-state index in [0.29, 0.717) is 37.7 Å².